The Balaban J connectivity index is 2.30. The molecule has 2 aromatic rings. The summed E-state index contributed by atoms with van der Waals surface area (Å²) in [5.41, 5.74) is 1.05. The van der Waals surface area contributed by atoms with Crippen LogP contribution in [-0.4, -0.2) is 11.1 Å². The predicted octanol–water partition coefficient (Wildman–Crippen LogP) is 4.14. The van der Waals surface area contributed by atoms with Crippen molar-refractivity contribution in [2.45, 2.75) is 12.3 Å². The second-order valence-electron chi connectivity index (χ2n) is 4.42. The van der Waals surface area contributed by atoms with Gasteiger partial charge < -0.3 is 5.11 Å². The Morgan fingerprint density at radius 3 is 2.30 bits per heavy atom. The van der Waals surface area contributed by atoms with E-state index in [9.17, 15) is 18.7 Å². The molecule has 0 aliphatic rings. The van der Waals surface area contributed by atoms with Gasteiger partial charge in [0.1, 0.15) is 11.6 Å². The van der Waals surface area contributed by atoms with Gasteiger partial charge in [-0.1, -0.05) is 28.1 Å². The molecule has 0 saturated heterocycles. The van der Waals surface area contributed by atoms with E-state index in [0.29, 0.717) is 15.6 Å². The third-order valence-corrected chi connectivity index (χ3v) is 3.39. The van der Waals surface area contributed by atoms with Gasteiger partial charge in [0.05, 0.1) is 5.92 Å². The minimum atomic E-state index is -1.03. The van der Waals surface area contributed by atoms with Crippen molar-refractivity contribution in [2.75, 3.05) is 0 Å². The molecule has 5 heteroatoms. The van der Waals surface area contributed by atoms with E-state index in [1.54, 1.807) is 6.07 Å². The van der Waals surface area contributed by atoms with Gasteiger partial charge in [0, 0.05) is 4.47 Å². The van der Waals surface area contributed by atoms with Crippen molar-refractivity contribution in [1.82, 2.24) is 0 Å². The molecule has 0 heterocycles. The van der Waals surface area contributed by atoms with E-state index in [-0.39, 0.29) is 6.42 Å². The van der Waals surface area contributed by atoms with Crippen molar-refractivity contribution < 1.29 is 18.7 Å². The van der Waals surface area contributed by atoms with Crippen LogP contribution in [0, 0.1) is 11.6 Å². The van der Waals surface area contributed by atoms with Crippen LogP contribution in [0.5, 0.6) is 0 Å². The van der Waals surface area contributed by atoms with E-state index in [1.807, 2.05) is 0 Å². The van der Waals surface area contributed by atoms with Gasteiger partial charge in [0.15, 0.2) is 0 Å². The number of carboxylic acid groups (broad SMARTS) is 1. The van der Waals surface area contributed by atoms with Gasteiger partial charge in [-0.15, -0.1) is 0 Å². The number of benzene rings is 2. The van der Waals surface area contributed by atoms with Crippen LogP contribution in [0.3, 0.4) is 0 Å². The Morgan fingerprint density at radius 2 is 1.75 bits per heavy atom. The van der Waals surface area contributed by atoms with Crippen molar-refractivity contribution in [3.63, 3.8) is 0 Å². The van der Waals surface area contributed by atoms with Gasteiger partial charge >= 0.3 is 5.97 Å². The summed E-state index contributed by atoms with van der Waals surface area (Å²) in [4.78, 5) is 11.4. The highest BCUT2D eigenvalue weighted by Crippen LogP contribution is 2.24. The first-order chi connectivity index (χ1) is 9.45. The smallest absolute Gasteiger partial charge is 0.311 e. The molecule has 104 valence electrons. The lowest BCUT2D eigenvalue weighted by Crippen LogP contribution is -2.14. The number of carboxylic acids is 1. The normalized spacial score (nSPS) is 12.2. The molecular formula is C15H11BrF2O2. The molecule has 1 atom stereocenters. The zero-order valence-corrected chi connectivity index (χ0v) is 11.9. The summed E-state index contributed by atoms with van der Waals surface area (Å²) in [6.45, 7) is 0. The minimum Gasteiger partial charge on any atom is -0.481 e. The summed E-state index contributed by atoms with van der Waals surface area (Å²) in [5.74, 6) is -2.73. The Morgan fingerprint density at radius 1 is 1.10 bits per heavy atom. The quantitative estimate of drug-likeness (QED) is 0.908. The van der Waals surface area contributed by atoms with Gasteiger partial charge in [0.2, 0.25) is 0 Å². The SMILES string of the molecule is O=C(O)C(Cc1cc(F)cc(Br)c1)c1ccc(F)cc1. The zero-order valence-electron chi connectivity index (χ0n) is 10.3. The second-order valence-corrected chi connectivity index (χ2v) is 5.34. The maximum Gasteiger partial charge on any atom is 0.311 e. The Hall–Kier alpha value is -1.75. The first kappa shape index (κ1) is 14.7. The van der Waals surface area contributed by atoms with Crippen LogP contribution in [-0.2, 0) is 11.2 Å². The highest BCUT2D eigenvalue weighted by molar-refractivity contribution is 9.10. The summed E-state index contributed by atoms with van der Waals surface area (Å²) in [7, 11) is 0. The highest BCUT2D eigenvalue weighted by Gasteiger charge is 2.20. The van der Waals surface area contributed by atoms with E-state index in [0.717, 1.165) is 0 Å². The van der Waals surface area contributed by atoms with Gasteiger partial charge in [0.25, 0.3) is 0 Å². The van der Waals surface area contributed by atoms with E-state index in [4.69, 9.17) is 0 Å². The molecule has 0 aromatic heterocycles. The molecule has 0 radical (unpaired) electrons. The average molecular weight is 341 g/mol. The van der Waals surface area contributed by atoms with Gasteiger partial charge in [-0.2, -0.15) is 0 Å². The molecule has 0 fully saturated rings. The fourth-order valence-electron chi connectivity index (χ4n) is 2.01. The Kier molecular flexibility index (Phi) is 4.49. The average Bonchev–Trinajstić information content (AvgIpc) is 2.36. The van der Waals surface area contributed by atoms with Crippen LogP contribution in [0.2, 0.25) is 0 Å². The molecule has 1 unspecified atom stereocenters. The maximum absolute atomic E-state index is 13.3. The van der Waals surface area contributed by atoms with Gasteiger partial charge in [-0.25, -0.2) is 8.78 Å². The Labute approximate surface area is 123 Å². The number of hydrogen-bond acceptors (Lipinski definition) is 1. The van der Waals surface area contributed by atoms with Crippen LogP contribution in [0.15, 0.2) is 46.9 Å². The highest BCUT2D eigenvalue weighted by atomic mass is 79.9. The Bertz CT molecular complexity index is 606. The molecule has 0 aliphatic carbocycles. The third-order valence-electron chi connectivity index (χ3n) is 2.93. The molecular weight excluding hydrogens is 330 g/mol. The molecule has 2 aromatic carbocycles. The number of hydrogen-bond donors (Lipinski definition) is 1. The standard InChI is InChI=1S/C15H11BrF2O2/c16-11-5-9(6-13(18)8-11)7-14(15(19)20)10-1-3-12(17)4-2-10/h1-6,8,14H,7H2,(H,19,20). The lowest BCUT2D eigenvalue weighted by molar-refractivity contribution is -0.138. The van der Waals surface area contributed by atoms with Crippen LogP contribution >= 0.6 is 15.9 Å². The molecule has 0 saturated carbocycles. The van der Waals surface area contributed by atoms with Gasteiger partial charge in [-0.05, 0) is 47.9 Å². The maximum atomic E-state index is 13.3. The van der Waals surface area contributed by atoms with Crippen LogP contribution in [0.1, 0.15) is 17.0 Å². The van der Waals surface area contributed by atoms with Crippen molar-refractivity contribution in [3.8, 4) is 0 Å². The lowest BCUT2D eigenvalue weighted by atomic mass is 9.92. The topological polar surface area (TPSA) is 37.3 Å². The number of rotatable bonds is 4. The second kappa shape index (κ2) is 6.13. The molecule has 0 bridgehead atoms. The first-order valence-corrected chi connectivity index (χ1v) is 6.68. The van der Waals surface area contributed by atoms with E-state index in [2.05, 4.69) is 15.9 Å². The monoisotopic (exact) mass is 340 g/mol. The fourth-order valence-corrected chi connectivity index (χ4v) is 2.52. The predicted molar refractivity (Wildman–Crippen MR) is 74.6 cm³/mol. The van der Waals surface area contributed by atoms with Crippen molar-refractivity contribution in [2.24, 2.45) is 0 Å². The summed E-state index contributed by atoms with van der Waals surface area (Å²) in [5, 5.41) is 9.30. The van der Waals surface area contributed by atoms with E-state index in [1.165, 1.54) is 36.4 Å². The molecule has 1 N–H and O–H groups in total. The van der Waals surface area contributed by atoms with Crippen LogP contribution in [0.25, 0.3) is 0 Å². The summed E-state index contributed by atoms with van der Waals surface area (Å²) in [6, 6.07) is 9.56. The first-order valence-electron chi connectivity index (χ1n) is 5.89. The third kappa shape index (κ3) is 3.63. The number of aliphatic carboxylic acids is 1. The van der Waals surface area contributed by atoms with Crippen LogP contribution < -0.4 is 0 Å². The molecule has 0 spiro atoms. The molecule has 2 rings (SSSR count). The summed E-state index contributed by atoms with van der Waals surface area (Å²) >= 11 is 3.17. The summed E-state index contributed by atoms with van der Waals surface area (Å²) in [6.07, 6.45) is 0.136. The molecule has 0 amide bonds. The van der Waals surface area contributed by atoms with E-state index >= 15 is 0 Å². The molecule has 2 nitrogen and oxygen atoms in total. The van der Waals surface area contributed by atoms with Crippen LogP contribution in [0.4, 0.5) is 8.78 Å². The van der Waals surface area contributed by atoms with Crippen molar-refractivity contribution in [1.29, 1.82) is 0 Å². The largest absolute Gasteiger partial charge is 0.481 e. The minimum absolute atomic E-state index is 0.136. The number of halogens is 3. The number of carbonyl (C=O) groups is 1. The molecule has 0 aliphatic heterocycles. The van der Waals surface area contributed by atoms with Crippen molar-refractivity contribution in [3.05, 3.63) is 69.7 Å². The fraction of sp³-hybridized carbons (Fsp3) is 0.133. The zero-order chi connectivity index (χ0) is 14.7. The summed E-state index contributed by atoms with van der Waals surface area (Å²) < 4.78 is 26.7. The van der Waals surface area contributed by atoms with Gasteiger partial charge in [-0.3, -0.25) is 4.79 Å². The molecule has 20 heavy (non-hydrogen) atoms. The lowest BCUT2D eigenvalue weighted by Gasteiger charge is -2.13. The van der Waals surface area contributed by atoms with Crippen molar-refractivity contribution >= 4 is 21.9 Å². The van der Waals surface area contributed by atoms with E-state index < -0.39 is 23.5 Å².